The number of fused-ring (bicyclic) bond motifs is 1. The minimum Gasteiger partial charge on any atom is -0.466 e. The molecule has 3 rings (SSSR count). The molecule has 2 aromatic carbocycles. The molecule has 0 aromatic heterocycles. The lowest BCUT2D eigenvalue weighted by Gasteiger charge is -2.12. The van der Waals surface area contributed by atoms with Gasteiger partial charge in [0.15, 0.2) is 11.5 Å². The number of halogens is 1. The number of carbonyl (C=O) groups excluding carboxylic acids is 3. The molecule has 0 radical (unpaired) electrons. The SMILES string of the molecule is CC(=O)OCCCNC(=O)C(=Cc1ccc2c(c1)OCO2)NC(=O)c1ccc(Br)cc1. The summed E-state index contributed by atoms with van der Waals surface area (Å²) in [5.41, 5.74) is 1.13. The van der Waals surface area contributed by atoms with Crippen molar-refractivity contribution in [2.75, 3.05) is 19.9 Å². The zero-order valence-electron chi connectivity index (χ0n) is 16.8. The maximum Gasteiger partial charge on any atom is 0.302 e. The predicted octanol–water partition coefficient (Wildman–Crippen LogP) is 3.02. The lowest BCUT2D eigenvalue weighted by Crippen LogP contribution is -2.35. The molecule has 8 nitrogen and oxygen atoms in total. The van der Waals surface area contributed by atoms with Crippen LogP contribution in [0.2, 0.25) is 0 Å². The number of nitrogens with one attached hydrogen (secondary N) is 2. The van der Waals surface area contributed by atoms with Crippen LogP contribution in [0.4, 0.5) is 0 Å². The molecule has 0 saturated carbocycles. The van der Waals surface area contributed by atoms with Crippen molar-refractivity contribution in [2.45, 2.75) is 13.3 Å². The third-order valence-corrected chi connectivity index (χ3v) is 4.75. The van der Waals surface area contributed by atoms with Crippen LogP contribution in [0.5, 0.6) is 11.5 Å². The van der Waals surface area contributed by atoms with Crippen molar-refractivity contribution >= 4 is 39.8 Å². The van der Waals surface area contributed by atoms with Gasteiger partial charge in [0.1, 0.15) is 5.70 Å². The number of benzene rings is 2. The Morgan fingerprint density at radius 1 is 1.10 bits per heavy atom. The fraction of sp³-hybridized carbons (Fsp3) is 0.227. The third kappa shape index (κ3) is 6.58. The smallest absolute Gasteiger partial charge is 0.302 e. The summed E-state index contributed by atoms with van der Waals surface area (Å²) in [5.74, 6) is -0.0846. The third-order valence-electron chi connectivity index (χ3n) is 4.22. The Bertz CT molecular complexity index is 1000. The van der Waals surface area contributed by atoms with Crippen molar-refractivity contribution in [2.24, 2.45) is 0 Å². The monoisotopic (exact) mass is 488 g/mol. The van der Waals surface area contributed by atoms with Crippen molar-refractivity contribution in [1.82, 2.24) is 10.6 Å². The van der Waals surface area contributed by atoms with E-state index in [0.29, 0.717) is 29.0 Å². The summed E-state index contributed by atoms with van der Waals surface area (Å²) in [6, 6.07) is 12.0. The van der Waals surface area contributed by atoms with Gasteiger partial charge < -0.3 is 24.8 Å². The van der Waals surface area contributed by atoms with Crippen LogP contribution in [-0.4, -0.2) is 37.7 Å². The van der Waals surface area contributed by atoms with Crippen molar-refractivity contribution in [3.63, 3.8) is 0 Å². The second-order valence-corrected chi connectivity index (χ2v) is 7.50. The number of carbonyl (C=O) groups is 3. The summed E-state index contributed by atoms with van der Waals surface area (Å²) in [6.07, 6.45) is 2.00. The van der Waals surface area contributed by atoms with E-state index in [0.717, 1.165) is 4.47 Å². The normalized spacial score (nSPS) is 12.3. The van der Waals surface area contributed by atoms with Gasteiger partial charge in [-0.05, 0) is 54.5 Å². The predicted molar refractivity (Wildman–Crippen MR) is 116 cm³/mol. The Hall–Kier alpha value is -3.33. The van der Waals surface area contributed by atoms with E-state index in [9.17, 15) is 14.4 Å². The lowest BCUT2D eigenvalue weighted by molar-refractivity contribution is -0.141. The maximum absolute atomic E-state index is 12.7. The topological polar surface area (TPSA) is 103 Å². The highest BCUT2D eigenvalue weighted by Crippen LogP contribution is 2.33. The van der Waals surface area contributed by atoms with E-state index in [1.807, 2.05) is 0 Å². The van der Waals surface area contributed by atoms with Gasteiger partial charge in [0, 0.05) is 23.5 Å². The van der Waals surface area contributed by atoms with E-state index >= 15 is 0 Å². The van der Waals surface area contributed by atoms with E-state index in [2.05, 4.69) is 26.6 Å². The Labute approximate surface area is 187 Å². The molecule has 2 N–H and O–H groups in total. The van der Waals surface area contributed by atoms with Crippen molar-refractivity contribution in [3.05, 3.63) is 63.8 Å². The Morgan fingerprint density at radius 2 is 1.84 bits per heavy atom. The van der Waals surface area contributed by atoms with Gasteiger partial charge in [-0.25, -0.2) is 0 Å². The minimum absolute atomic E-state index is 0.0688. The van der Waals surface area contributed by atoms with Crippen LogP contribution in [-0.2, 0) is 14.3 Å². The number of esters is 1. The number of hydrogen-bond acceptors (Lipinski definition) is 6. The van der Waals surface area contributed by atoms with Crippen LogP contribution in [0.1, 0.15) is 29.3 Å². The van der Waals surface area contributed by atoms with E-state index in [1.54, 1.807) is 48.5 Å². The first-order chi connectivity index (χ1) is 14.9. The second kappa shape index (κ2) is 10.6. The molecule has 2 amide bonds. The van der Waals surface area contributed by atoms with Crippen LogP contribution in [0, 0.1) is 0 Å². The van der Waals surface area contributed by atoms with Crippen LogP contribution < -0.4 is 20.1 Å². The van der Waals surface area contributed by atoms with Gasteiger partial charge in [-0.2, -0.15) is 0 Å². The molecule has 1 heterocycles. The summed E-state index contributed by atoms with van der Waals surface area (Å²) < 4.78 is 16.4. The maximum atomic E-state index is 12.7. The Morgan fingerprint density at radius 3 is 2.58 bits per heavy atom. The van der Waals surface area contributed by atoms with Gasteiger partial charge in [0.2, 0.25) is 6.79 Å². The zero-order valence-corrected chi connectivity index (χ0v) is 18.4. The molecule has 0 bridgehead atoms. The zero-order chi connectivity index (χ0) is 22.2. The largest absolute Gasteiger partial charge is 0.466 e. The van der Waals surface area contributed by atoms with Gasteiger partial charge in [-0.3, -0.25) is 14.4 Å². The van der Waals surface area contributed by atoms with Crippen molar-refractivity contribution in [1.29, 1.82) is 0 Å². The summed E-state index contributed by atoms with van der Waals surface area (Å²) >= 11 is 3.33. The number of hydrogen-bond donors (Lipinski definition) is 2. The molecule has 31 heavy (non-hydrogen) atoms. The molecular formula is C22H21BrN2O6. The molecule has 1 aliphatic heterocycles. The van der Waals surface area contributed by atoms with Gasteiger partial charge in [-0.15, -0.1) is 0 Å². The van der Waals surface area contributed by atoms with E-state index in [4.69, 9.17) is 14.2 Å². The molecule has 0 spiro atoms. The van der Waals surface area contributed by atoms with Crippen molar-refractivity contribution in [3.8, 4) is 11.5 Å². The molecule has 2 aromatic rings. The minimum atomic E-state index is -0.467. The highest BCUT2D eigenvalue weighted by Gasteiger charge is 2.17. The molecule has 1 aliphatic rings. The Kier molecular flexibility index (Phi) is 7.66. The molecule has 0 unspecified atom stereocenters. The fourth-order valence-corrected chi connectivity index (χ4v) is 2.97. The highest BCUT2D eigenvalue weighted by molar-refractivity contribution is 9.10. The van der Waals surface area contributed by atoms with E-state index < -0.39 is 11.8 Å². The molecule has 0 aliphatic carbocycles. The van der Waals surface area contributed by atoms with E-state index in [1.165, 1.54) is 6.92 Å². The lowest BCUT2D eigenvalue weighted by atomic mass is 10.1. The Balaban J connectivity index is 1.74. The molecule has 9 heteroatoms. The van der Waals surface area contributed by atoms with E-state index in [-0.39, 0.29) is 31.6 Å². The summed E-state index contributed by atoms with van der Waals surface area (Å²) in [7, 11) is 0. The van der Waals surface area contributed by atoms with Gasteiger partial charge in [0.05, 0.1) is 6.61 Å². The molecule has 0 atom stereocenters. The number of rotatable bonds is 8. The average Bonchev–Trinajstić information content (AvgIpc) is 3.21. The molecule has 0 saturated heterocycles. The van der Waals surface area contributed by atoms with Gasteiger partial charge in [-0.1, -0.05) is 22.0 Å². The summed E-state index contributed by atoms with van der Waals surface area (Å²) in [4.78, 5) is 36.2. The average molecular weight is 489 g/mol. The van der Waals surface area contributed by atoms with Gasteiger partial charge >= 0.3 is 5.97 Å². The number of ether oxygens (including phenoxy) is 3. The van der Waals surface area contributed by atoms with Crippen LogP contribution in [0.15, 0.2) is 52.6 Å². The van der Waals surface area contributed by atoms with Crippen LogP contribution in [0.25, 0.3) is 6.08 Å². The summed E-state index contributed by atoms with van der Waals surface area (Å²) in [6.45, 7) is 1.93. The first-order valence-corrected chi connectivity index (χ1v) is 10.3. The quantitative estimate of drug-likeness (QED) is 0.336. The highest BCUT2D eigenvalue weighted by atomic mass is 79.9. The second-order valence-electron chi connectivity index (χ2n) is 6.58. The molecule has 0 fully saturated rings. The van der Waals surface area contributed by atoms with Crippen LogP contribution >= 0.6 is 15.9 Å². The standard InChI is InChI=1S/C22H21BrN2O6/c1-14(26)29-10-2-9-24-22(28)18(25-21(27)16-4-6-17(23)7-5-16)11-15-3-8-19-20(12-15)31-13-30-19/h3-8,11-12H,2,9-10,13H2,1H3,(H,24,28)(H,25,27). The fourth-order valence-electron chi connectivity index (χ4n) is 2.71. The first kappa shape index (κ1) is 22.4. The van der Waals surface area contributed by atoms with Gasteiger partial charge in [0.25, 0.3) is 11.8 Å². The van der Waals surface area contributed by atoms with Crippen LogP contribution in [0.3, 0.4) is 0 Å². The molecular weight excluding hydrogens is 468 g/mol. The molecule has 162 valence electrons. The summed E-state index contributed by atoms with van der Waals surface area (Å²) in [5, 5.41) is 5.38. The number of amides is 2. The first-order valence-electron chi connectivity index (χ1n) is 9.52. The van der Waals surface area contributed by atoms with Crippen molar-refractivity contribution < 1.29 is 28.6 Å².